The van der Waals surface area contributed by atoms with Crippen molar-refractivity contribution in [2.45, 2.75) is 18.9 Å². The second kappa shape index (κ2) is 6.88. The molecule has 1 aromatic carbocycles. The number of aromatic nitrogens is 1. The highest BCUT2D eigenvalue weighted by molar-refractivity contribution is 5.95. The third-order valence-corrected chi connectivity index (χ3v) is 4.13. The summed E-state index contributed by atoms with van der Waals surface area (Å²) in [7, 11) is 3.27. The quantitative estimate of drug-likeness (QED) is 0.901. The average molecular weight is 342 g/mol. The number of nitrogens with one attached hydrogen (secondary N) is 2. The van der Waals surface area contributed by atoms with E-state index in [4.69, 9.17) is 0 Å². The highest BCUT2D eigenvalue weighted by Gasteiger charge is 2.24. The van der Waals surface area contributed by atoms with Crippen LogP contribution in [0.5, 0.6) is 0 Å². The van der Waals surface area contributed by atoms with E-state index in [2.05, 4.69) is 15.6 Å². The van der Waals surface area contributed by atoms with Crippen LogP contribution in [0, 0.1) is 5.82 Å². The van der Waals surface area contributed by atoms with E-state index in [0.717, 1.165) is 24.0 Å². The highest BCUT2D eigenvalue weighted by Crippen LogP contribution is 2.31. The number of halogens is 1. The fraction of sp³-hybridized carbons (Fsp3) is 0.278. The number of carbonyl (C=O) groups is 2. The van der Waals surface area contributed by atoms with Gasteiger partial charge in [-0.25, -0.2) is 9.18 Å². The molecule has 3 rings (SSSR count). The van der Waals surface area contributed by atoms with Gasteiger partial charge < -0.3 is 15.5 Å². The van der Waals surface area contributed by atoms with E-state index in [0.29, 0.717) is 5.69 Å². The van der Waals surface area contributed by atoms with Crippen molar-refractivity contribution in [2.75, 3.05) is 19.4 Å². The predicted molar refractivity (Wildman–Crippen MR) is 91.9 cm³/mol. The maximum atomic E-state index is 13.3. The normalized spacial score (nSPS) is 15.4. The maximum Gasteiger partial charge on any atom is 0.319 e. The van der Waals surface area contributed by atoms with Gasteiger partial charge in [0, 0.05) is 26.0 Å². The van der Waals surface area contributed by atoms with Crippen LogP contribution in [0.15, 0.2) is 36.5 Å². The summed E-state index contributed by atoms with van der Waals surface area (Å²) in [6.45, 7) is 0. The lowest BCUT2D eigenvalue weighted by Crippen LogP contribution is -2.31. The summed E-state index contributed by atoms with van der Waals surface area (Å²) in [5, 5.41) is 5.60. The summed E-state index contributed by atoms with van der Waals surface area (Å²) in [5.74, 6) is -0.505. The van der Waals surface area contributed by atoms with Crippen molar-refractivity contribution in [2.24, 2.45) is 0 Å². The minimum Gasteiger partial charge on any atom is -0.343 e. The van der Waals surface area contributed by atoms with Crippen molar-refractivity contribution in [1.82, 2.24) is 15.2 Å². The zero-order chi connectivity index (χ0) is 18.0. The van der Waals surface area contributed by atoms with Crippen LogP contribution in [0.1, 0.15) is 34.1 Å². The first-order valence-electron chi connectivity index (χ1n) is 7.97. The van der Waals surface area contributed by atoms with Crippen molar-refractivity contribution in [3.63, 3.8) is 0 Å². The van der Waals surface area contributed by atoms with Crippen molar-refractivity contribution < 1.29 is 14.0 Å². The molecule has 0 spiro atoms. The smallest absolute Gasteiger partial charge is 0.319 e. The van der Waals surface area contributed by atoms with Crippen LogP contribution in [-0.4, -0.2) is 35.9 Å². The van der Waals surface area contributed by atoms with Crippen LogP contribution in [0.2, 0.25) is 0 Å². The lowest BCUT2D eigenvalue weighted by Gasteiger charge is -2.15. The molecule has 130 valence electrons. The van der Waals surface area contributed by atoms with Gasteiger partial charge in [0.25, 0.3) is 5.91 Å². The molecule has 1 aliphatic rings. The third kappa shape index (κ3) is 3.76. The molecule has 0 bridgehead atoms. The molecule has 1 unspecified atom stereocenters. The number of anilines is 1. The minimum absolute atomic E-state index is 0.152. The first kappa shape index (κ1) is 16.9. The molecular formula is C18H19FN4O2. The van der Waals surface area contributed by atoms with Gasteiger partial charge in [-0.1, -0.05) is 6.07 Å². The molecule has 0 aliphatic heterocycles. The van der Waals surface area contributed by atoms with Crippen molar-refractivity contribution in [1.29, 1.82) is 0 Å². The van der Waals surface area contributed by atoms with Gasteiger partial charge in [-0.3, -0.25) is 9.78 Å². The Balaban J connectivity index is 1.66. The lowest BCUT2D eigenvalue weighted by molar-refractivity contribution is 0.0822. The van der Waals surface area contributed by atoms with Gasteiger partial charge in [0.1, 0.15) is 11.5 Å². The van der Waals surface area contributed by atoms with Crippen LogP contribution >= 0.6 is 0 Å². The van der Waals surface area contributed by atoms with Gasteiger partial charge in [0.05, 0.1) is 6.04 Å². The number of aryl methyl sites for hydroxylation is 1. The average Bonchev–Trinajstić information content (AvgIpc) is 2.96. The summed E-state index contributed by atoms with van der Waals surface area (Å²) in [6.07, 6.45) is 2.93. The number of rotatable bonds is 3. The Hall–Kier alpha value is -2.96. The van der Waals surface area contributed by atoms with Gasteiger partial charge in [0.2, 0.25) is 0 Å². The van der Waals surface area contributed by atoms with E-state index < -0.39 is 0 Å². The van der Waals surface area contributed by atoms with Crippen LogP contribution < -0.4 is 10.6 Å². The van der Waals surface area contributed by atoms with Crippen LogP contribution in [-0.2, 0) is 6.42 Å². The molecule has 25 heavy (non-hydrogen) atoms. The van der Waals surface area contributed by atoms with Gasteiger partial charge in [-0.15, -0.1) is 0 Å². The second-order valence-corrected chi connectivity index (χ2v) is 6.16. The molecule has 0 fully saturated rings. The Morgan fingerprint density at radius 2 is 2.04 bits per heavy atom. The largest absolute Gasteiger partial charge is 0.343 e. The number of nitrogens with zero attached hydrogens (tertiary/aromatic N) is 2. The lowest BCUT2D eigenvalue weighted by atomic mass is 10.1. The number of fused-ring (bicyclic) bond motifs is 1. The van der Waals surface area contributed by atoms with E-state index in [1.165, 1.54) is 29.3 Å². The molecule has 2 aromatic rings. The van der Waals surface area contributed by atoms with Crippen LogP contribution in [0.25, 0.3) is 0 Å². The fourth-order valence-electron chi connectivity index (χ4n) is 2.92. The zero-order valence-corrected chi connectivity index (χ0v) is 14.0. The summed E-state index contributed by atoms with van der Waals surface area (Å²) >= 11 is 0. The summed E-state index contributed by atoms with van der Waals surface area (Å²) in [6, 6.07) is 7.24. The van der Waals surface area contributed by atoms with Crippen LogP contribution in [0.3, 0.4) is 0 Å². The molecule has 2 N–H and O–H groups in total. The maximum absolute atomic E-state index is 13.3. The molecular weight excluding hydrogens is 323 g/mol. The standard InChI is InChI=1S/C18H19FN4O2/c1-23(2)17(24)16-10-13(7-8-20-16)21-18(25)22-15-6-3-11-9-12(19)4-5-14(11)15/h4-5,7-10,15H,3,6H2,1-2H3,(H2,20,21,22,25). The summed E-state index contributed by atoms with van der Waals surface area (Å²) < 4.78 is 13.3. The number of amides is 3. The van der Waals surface area contributed by atoms with Gasteiger partial charge in [-0.2, -0.15) is 0 Å². The minimum atomic E-state index is -0.378. The molecule has 0 saturated carbocycles. The summed E-state index contributed by atoms with van der Waals surface area (Å²) in [4.78, 5) is 29.6. The molecule has 6 nitrogen and oxygen atoms in total. The number of urea groups is 1. The van der Waals surface area contributed by atoms with E-state index in [9.17, 15) is 14.0 Å². The van der Waals surface area contributed by atoms with Crippen LogP contribution in [0.4, 0.5) is 14.9 Å². The number of carbonyl (C=O) groups excluding carboxylic acids is 2. The van der Waals surface area contributed by atoms with E-state index in [1.807, 2.05) is 0 Å². The number of hydrogen-bond donors (Lipinski definition) is 2. The highest BCUT2D eigenvalue weighted by atomic mass is 19.1. The topological polar surface area (TPSA) is 74.3 Å². The van der Waals surface area contributed by atoms with Gasteiger partial charge in [-0.05, 0) is 48.2 Å². The Kier molecular flexibility index (Phi) is 4.65. The first-order chi connectivity index (χ1) is 11.9. The predicted octanol–water partition coefficient (Wildman–Crippen LogP) is 2.73. The molecule has 1 atom stereocenters. The summed E-state index contributed by atoms with van der Waals surface area (Å²) in [5.41, 5.74) is 2.60. The molecule has 1 aliphatic carbocycles. The van der Waals surface area contributed by atoms with E-state index >= 15 is 0 Å². The monoisotopic (exact) mass is 342 g/mol. The van der Waals surface area contributed by atoms with Gasteiger partial charge >= 0.3 is 6.03 Å². The van der Waals surface area contributed by atoms with Crippen molar-refractivity contribution >= 4 is 17.6 Å². The van der Waals surface area contributed by atoms with Crippen molar-refractivity contribution in [3.05, 3.63) is 59.2 Å². The second-order valence-electron chi connectivity index (χ2n) is 6.16. The number of pyridine rings is 1. The SMILES string of the molecule is CN(C)C(=O)c1cc(NC(=O)NC2CCc3cc(F)ccc32)ccn1. The molecule has 0 radical (unpaired) electrons. The first-order valence-corrected chi connectivity index (χ1v) is 7.97. The zero-order valence-electron chi connectivity index (χ0n) is 14.0. The number of benzene rings is 1. The fourth-order valence-corrected chi connectivity index (χ4v) is 2.92. The molecule has 3 amide bonds. The van der Waals surface area contributed by atoms with Crippen molar-refractivity contribution in [3.8, 4) is 0 Å². The number of hydrogen-bond acceptors (Lipinski definition) is 3. The van der Waals surface area contributed by atoms with E-state index in [-0.39, 0.29) is 29.5 Å². The molecule has 1 aromatic heterocycles. The Labute approximate surface area is 145 Å². The molecule has 0 saturated heterocycles. The molecule has 7 heteroatoms. The Morgan fingerprint density at radius 1 is 1.24 bits per heavy atom. The Morgan fingerprint density at radius 3 is 2.80 bits per heavy atom. The van der Waals surface area contributed by atoms with E-state index in [1.54, 1.807) is 26.2 Å². The molecule has 1 heterocycles. The van der Waals surface area contributed by atoms with Gasteiger partial charge in [0.15, 0.2) is 0 Å². The third-order valence-electron chi connectivity index (χ3n) is 4.13. The Bertz CT molecular complexity index is 822.